The Bertz CT molecular complexity index is 1240. The molecule has 33 heavy (non-hydrogen) atoms. The fraction of sp³-hybridized carbons (Fsp3) is 0.200. The molecule has 0 spiro atoms. The van der Waals surface area contributed by atoms with Gasteiger partial charge < -0.3 is 4.90 Å². The zero-order valence-electron chi connectivity index (χ0n) is 17.1. The number of hydrogen-bond acceptors (Lipinski definition) is 9. The molecule has 0 saturated carbocycles. The second-order valence-electron chi connectivity index (χ2n) is 7.39. The molecular formula is C20H16N6O6S. The van der Waals surface area contributed by atoms with Crippen LogP contribution in [0.15, 0.2) is 42.5 Å². The van der Waals surface area contributed by atoms with E-state index >= 15 is 0 Å². The van der Waals surface area contributed by atoms with Gasteiger partial charge in [-0.2, -0.15) is 0 Å². The SMILES string of the molecule is Cc1ccc(N2CC(c3nnc(NC(=O)c4cc([N+](=O)[O-])cc([N+](=O)[O-])c4)s3)CC2=O)cc1. The van der Waals surface area contributed by atoms with Gasteiger partial charge in [0.15, 0.2) is 0 Å². The Balaban J connectivity index is 1.49. The molecule has 4 rings (SSSR count). The van der Waals surface area contributed by atoms with Crippen LogP contribution in [0.2, 0.25) is 0 Å². The minimum Gasteiger partial charge on any atom is -0.312 e. The summed E-state index contributed by atoms with van der Waals surface area (Å²) in [5, 5.41) is 33.2. The van der Waals surface area contributed by atoms with E-state index in [1.54, 1.807) is 4.90 Å². The molecule has 12 nitrogen and oxygen atoms in total. The Labute approximate surface area is 190 Å². The Kier molecular flexibility index (Phi) is 5.79. The number of benzene rings is 2. The predicted molar refractivity (Wildman–Crippen MR) is 119 cm³/mol. The van der Waals surface area contributed by atoms with Crippen molar-refractivity contribution in [3.63, 3.8) is 0 Å². The number of nitro groups is 2. The number of carbonyl (C=O) groups excluding carboxylic acids is 2. The van der Waals surface area contributed by atoms with Gasteiger partial charge in [-0.25, -0.2) is 0 Å². The van der Waals surface area contributed by atoms with Crippen LogP contribution in [0.1, 0.15) is 33.3 Å². The van der Waals surface area contributed by atoms with Crippen LogP contribution in [0.3, 0.4) is 0 Å². The molecule has 13 heteroatoms. The highest BCUT2D eigenvalue weighted by Gasteiger charge is 2.34. The topological polar surface area (TPSA) is 161 Å². The first-order valence-corrected chi connectivity index (χ1v) is 10.5. The molecule has 0 aliphatic carbocycles. The number of amides is 2. The van der Waals surface area contributed by atoms with Crippen LogP contribution in [-0.2, 0) is 4.79 Å². The summed E-state index contributed by atoms with van der Waals surface area (Å²) in [6, 6.07) is 10.3. The van der Waals surface area contributed by atoms with Crippen molar-refractivity contribution in [3.05, 3.63) is 78.8 Å². The van der Waals surface area contributed by atoms with Crippen molar-refractivity contribution in [1.82, 2.24) is 10.2 Å². The molecule has 2 amide bonds. The summed E-state index contributed by atoms with van der Waals surface area (Å²) >= 11 is 1.08. The minimum absolute atomic E-state index is 0.0476. The molecule has 168 valence electrons. The summed E-state index contributed by atoms with van der Waals surface area (Å²) in [4.78, 5) is 47.1. The Morgan fingerprint density at radius 1 is 1.09 bits per heavy atom. The third-order valence-electron chi connectivity index (χ3n) is 5.07. The summed E-state index contributed by atoms with van der Waals surface area (Å²) in [6.07, 6.45) is 0.244. The molecule has 1 fully saturated rings. The quantitative estimate of drug-likeness (QED) is 0.425. The number of carbonyl (C=O) groups is 2. The van der Waals surface area contributed by atoms with Gasteiger partial charge in [-0.3, -0.25) is 35.1 Å². The number of nitrogens with one attached hydrogen (secondary N) is 1. The number of anilines is 2. The number of aromatic nitrogens is 2. The molecule has 1 aliphatic heterocycles. The van der Waals surface area contributed by atoms with Gasteiger partial charge in [0.1, 0.15) is 5.01 Å². The lowest BCUT2D eigenvalue weighted by molar-refractivity contribution is -0.394. The van der Waals surface area contributed by atoms with Crippen molar-refractivity contribution in [2.75, 3.05) is 16.8 Å². The van der Waals surface area contributed by atoms with Crippen LogP contribution < -0.4 is 10.2 Å². The first-order valence-electron chi connectivity index (χ1n) is 9.67. The van der Waals surface area contributed by atoms with Crippen molar-refractivity contribution < 1.29 is 19.4 Å². The largest absolute Gasteiger partial charge is 0.312 e. The van der Waals surface area contributed by atoms with E-state index < -0.39 is 27.1 Å². The van der Waals surface area contributed by atoms with E-state index in [9.17, 15) is 29.8 Å². The fourth-order valence-electron chi connectivity index (χ4n) is 3.40. The predicted octanol–water partition coefficient (Wildman–Crippen LogP) is 3.44. The molecule has 1 aliphatic rings. The molecule has 2 aromatic carbocycles. The van der Waals surface area contributed by atoms with Gasteiger partial charge in [-0.1, -0.05) is 29.0 Å². The van der Waals surface area contributed by atoms with E-state index in [0.29, 0.717) is 11.6 Å². The van der Waals surface area contributed by atoms with E-state index in [2.05, 4.69) is 15.5 Å². The van der Waals surface area contributed by atoms with Crippen molar-refractivity contribution in [3.8, 4) is 0 Å². The van der Waals surface area contributed by atoms with Crippen molar-refractivity contribution in [2.24, 2.45) is 0 Å². The van der Waals surface area contributed by atoms with Gasteiger partial charge in [0.25, 0.3) is 17.3 Å². The van der Waals surface area contributed by atoms with Gasteiger partial charge >= 0.3 is 0 Å². The molecule has 1 saturated heterocycles. The third kappa shape index (κ3) is 4.67. The highest BCUT2D eigenvalue weighted by molar-refractivity contribution is 7.15. The molecule has 0 bridgehead atoms. The number of non-ortho nitro benzene ring substituents is 2. The molecule has 1 atom stereocenters. The van der Waals surface area contributed by atoms with Crippen molar-refractivity contribution >= 4 is 45.3 Å². The van der Waals surface area contributed by atoms with E-state index in [4.69, 9.17) is 0 Å². The average Bonchev–Trinajstić information content (AvgIpc) is 3.40. The molecule has 1 N–H and O–H groups in total. The first-order chi connectivity index (χ1) is 15.7. The highest BCUT2D eigenvalue weighted by Crippen LogP contribution is 2.34. The van der Waals surface area contributed by atoms with Gasteiger partial charge in [-0.15, -0.1) is 10.2 Å². The number of rotatable bonds is 6. The number of hydrogen-bond donors (Lipinski definition) is 1. The van der Waals surface area contributed by atoms with Gasteiger partial charge in [-0.05, 0) is 19.1 Å². The summed E-state index contributed by atoms with van der Waals surface area (Å²) in [7, 11) is 0. The smallest absolute Gasteiger partial charge is 0.277 e. The maximum absolute atomic E-state index is 12.5. The number of nitro benzene ring substituents is 2. The lowest BCUT2D eigenvalue weighted by Gasteiger charge is -2.16. The standard InChI is InChI=1S/C20H16N6O6S/c1-11-2-4-14(5-3-11)24-10-13(8-17(24)27)19-22-23-20(33-19)21-18(28)12-6-15(25(29)30)9-16(7-12)26(31)32/h2-7,9,13H,8,10H2,1H3,(H,21,23,28). The maximum Gasteiger partial charge on any atom is 0.277 e. The summed E-state index contributed by atoms with van der Waals surface area (Å²) in [5.41, 5.74) is 0.467. The van der Waals surface area contributed by atoms with Gasteiger partial charge in [0.05, 0.1) is 21.5 Å². The molecule has 3 aromatic rings. The molecular weight excluding hydrogens is 452 g/mol. The van der Waals surface area contributed by atoms with Crippen LogP contribution in [0, 0.1) is 27.2 Å². The molecule has 0 radical (unpaired) electrons. The van der Waals surface area contributed by atoms with E-state index in [0.717, 1.165) is 40.8 Å². The Hall–Kier alpha value is -4.26. The first kappa shape index (κ1) is 22.0. The fourth-order valence-corrected chi connectivity index (χ4v) is 4.23. The molecule has 1 aromatic heterocycles. The second kappa shape index (κ2) is 8.70. The number of nitrogens with zero attached hydrogens (tertiary/aromatic N) is 5. The van der Waals surface area contributed by atoms with Crippen LogP contribution in [0.25, 0.3) is 0 Å². The highest BCUT2D eigenvalue weighted by atomic mass is 32.1. The Morgan fingerprint density at radius 3 is 2.33 bits per heavy atom. The minimum atomic E-state index is -0.816. The molecule has 1 unspecified atom stereocenters. The summed E-state index contributed by atoms with van der Waals surface area (Å²) in [5.74, 6) is -1.05. The van der Waals surface area contributed by atoms with Crippen molar-refractivity contribution in [1.29, 1.82) is 0 Å². The van der Waals surface area contributed by atoms with E-state index in [-0.39, 0.29) is 28.9 Å². The second-order valence-corrected chi connectivity index (χ2v) is 8.40. The maximum atomic E-state index is 12.5. The van der Waals surface area contributed by atoms with Gasteiger partial charge in [0.2, 0.25) is 11.0 Å². The van der Waals surface area contributed by atoms with Crippen LogP contribution >= 0.6 is 11.3 Å². The monoisotopic (exact) mass is 468 g/mol. The van der Waals surface area contributed by atoms with Crippen LogP contribution in [0.5, 0.6) is 0 Å². The van der Waals surface area contributed by atoms with Crippen LogP contribution in [0.4, 0.5) is 22.2 Å². The van der Waals surface area contributed by atoms with Crippen molar-refractivity contribution in [2.45, 2.75) is 19.3 Å². The normalized spacial score (nSPS) is 15.5. The lowest BCUT2D eigenvalue weighted by atomic mass is 10.1. The summed E-state index contributed by atoms with van der Waals surface area (Å²) < 4.78 is 0. The summed E-state index contributed by atoms with van der Waals surface area (Å²) in [6.45, 7) is 2.38. The lowest BCUT2D eigenvalue weighted by Crippen LogP contribution is -2.24. The van der Waals surface area contributed by atoms with Crippen LogP contribution in [-0.4, -0.2) is 38.4 Å². The van der Waals surface area contributed by atoms with Gasteiger partial charge in [0, 0.05) is 36.7 Å². The zero-order chi connectivity index (χ0) is 23.7. The average molecular weight is 468 g/mol. The van der Waals surface area contributed by atoms with E-state index in [1.807, 2.05) is 31.2 Å². The van der Waals surface area contributed by atoms with E-state index in [1.165, 1.54) is 0 Å². The third-order valence-corrected chi connectivity index (χ3v) is 6.07. The number of aryl methyl sites for hydroxylation is 1. The Morgan fingerprint density at radius 2 is 1.73 bits per heavy atom. The zero-order valence-corrected chi connectivity index (χ0v) is 17.9. The molecule has 2 heterocycles.